The molecule has 0 spiro atoms. The molecule has 2 heterocycles. The first-order valence-electron chi connectivity index (χ1n) is 6.26. The number of carbonyl (C=O) groups is 1. The van der Waals surface area contributed by atoms with Gasteiger partial charge in [0.2, 0.25) is 0 Å². The van der Waals surface area contributed by atoms with Gasteiger partial charge in [-0.25, -0.2) is 4.99 Å². The summed E-state index contributed by atoms with van der Waals surface area (Å²) in [5.74, 6) is -0.187. The third-order valence-corrected chi connectivity index (χ3v) is 4.42. The van der Waals surface area contributed by atoms with Crippen molar-refractivity contribution < 1.29 is 4.79 Å². The molecule has 0 atom stereocenters. The van der Waals surface area contributed by atoms with Crippen LogP contribution in [0.25, 0.3) is 6.08 Å². The number of hydrogen-bond donors (Lipinski definition) is 1. The smallest absolute Gasteiger partial charge is 0.264 e. The van der Waals surface area contributed by atoms with Crippen LogP contribution in [-0.4, -0.2) is 16.1 Å². The number of halogens is 2. The lowest BCUT2D eigenvalue weighted by atomic mass is 10.2. The Balaban J connectivity index is 1.83. The Kier molecular flexibility index (Phi) is 4.47. The van der Waals surface area contributed by atoms with Crippen molar-refractivity contribution >= 4 is 57.8 Å². The van der Waals surface area contributed by atoms with E-state index in [1.165, 1.54) is 11.8 Å². The zero-order valence-electron chi connectivity index (χ0n) is 11.1. The summed E-state index contributed by atoms with van der Waals surface area (Å²) in [6, 6.07) is 8.73. The summed E-state index contributed by atoms with van der Waals surface area (Å²) in [6.45, 7) is 0. The fourth-order valence-corrected chi connectivity index (χ4v) is 2.90. The molecule has 1 fully saturated rings. The summed E-state index contributed by atoms with van der Waals surface area (Å²) in [4.78, 5) is 20.9. The van der Waals surface area contributed by atoms with E-state index in [9.17, 15) is 4.79 Å². The van der Waals surface area contributed by atoms with Crippen LogP contribution in [0.5, 0.6) is 0 Å². The van der Waals surface area contributed by atoms with Crippen LogP contribution in [0, 0.1) is 0 Å². The topological polar surface area (TPSA) is 54.4 Å². The summed E-state index contributed by atoms with van der Waals surface area (Å²) < 4.78 is 0. The van der Waals surface area contributed by atoms with Gasteiger partial charge >= 0.3 is 0 Å². The van der Waals surface area contributed by atoms with Crippen molar-refractivity contribution in [1.82, 2.24) is 10.3 Å². The highest BCUT2D eigenvalue weighted by Crippen LogP contribution is 2.30. The normalized spacial score (nSPS) is 18.0. The van der Waals surface area contributed by atoms with Gasteiger partial charge in [-0.15, -0.1) is 0 Å². The van der Waals surface area contributed by atoms with Crippen LogP contribution in [0.4, 0.5) is 5.69 Å². The minimum absolute atomic E-state index is 0.187. The number of aliphatic imine (C=N–C) groups is 1. The van der Waals surface area contributed by atoms with Gasteiger partial charge in [-0.1, -0.05) is 29.3 Å². The molecule has 1 aliphatic heterocycles. The van der Waals surface area contributed by atoms with Crippen LogP contribution in [0.3, 0.4) is 0 Å². The lowest BCUT2D eigenvalue weighted by Gasteiger charge is -1.98. The molecule has 110 valence electrons. The molecule has 2 aromatic rings. The van der Waals surface area contributed by atoms with Gasteiger partial charge in [-0.05, 0) is 47.7 Å². The molecule has 1 N–H and O–H groups in total. The van der Waals surface area contributed by atoms with Gasteiger partial charge in [-0.3, -0.25) is 9.78 Å². The highest BCUT2D eigenvalue weighted by molar-refractivity contribution is 8.18. The largest absolute Gasteiger partial charge is 0.300 e. The number of thioether (sulfide) groups is 1. The molecule has 0 aliphatic carbocycles. The van der Waals surface area contributed by atoms with E-state index < -0.39 is 0 Å². The zero-order chi connectivity index (χ0) is 15.5. The van der Waals surface area contributed by atoms with Gasteiger partial charge in [-0.2, -0.15) is 0 Å². The van der Waals surface area contributed by atoms with Crippen molar-refractivity contribution in [2.45, 2.75) is 0 Å². The monoisotopic (exact) mass is 349 g/mol. The standard InChI is InChI=1S/C15H9Cl2N3OS/c16-11-4-3-10(7-12(11)17)19-15-20-14(21)13(22-15)6-9-2-1-5-18-8-9/h1-8H,(H,19,20,21)/b13-6-. The second kappa shape index (κ2) is 6.52. The number of aromatic nitrogens is 1. The average Bonchev–Trinajstić information content (AvgIpc) is 2.84. The zero-order valence-corrected chi connectivity index (χ0v) is 13.4. The number of nitrogens with one attached hydrogen (secondary N) is 1. The highest BCUT2D eigenvalue weighted by Gasteiger charge is 2.23. The maximum atomic E-state index is 12.0. The Morgan fingerprint density at radius 1 is 1.23 bits per heavy atom. The Bertz CT molecular complexity index is 791. The number of amidine groups is 1. The molecule has 7 heteroatoms. The van der Waals surface area contributed by atoms with Crippen molar-refractivity contribution in [3.8, 4) is 0 Å². The second-order valence-corrected chi connectivity index (χ2v) is 6.21. The van der Waals surface area contributed by atoms with Crippen LogP contribution in [0.2, 0.25) is 10.0 Å². The van der Waals surface area contributed by atoms with Crippen molar-refractivity contribution in [2.24, 2.45) is 4.99 Å². The highest BCUT2D eigenvalue weighted by atomic mass is 35.5. The summed E-state index contributed by atoms with van der Waals surface area (Å²) in [5.41, 5.74) is 1.48. The third-order valence-electron chi connectivity index (χ3n) is 2.77. The Morgan fingerprint density at radius 2 is 2.09 bits per heavy atom. The SMILES string of the molecule is O=C1NC(=Nc2ccc(Cl)c(Cl)c2)S/C1=C\c1cccnc1. The number of hydrogen-bond acceptors (Lipinski definition) is 4. The van der Waals surface area contributed by atoms with E-state index in [4.69, 9.17) is 23.2 Å². The first-order chi connectivity index (χ1) is 10.6. The molecule has 0 saturated carbocycles. The maximum Gasteiger partial charge on any atom is 0.264 e. The predicted molar refractivity (Wildman–Crippen MR) is 91.5 cm³/mol. The number of benzene rings is 1. The molecule has 22 heavy (non-hydrogen) atoms. The number of pyridine rings is 1. The van der Waals surface area contributed by atoms with Gasteiger partial charge < -0.3 is 5.32 Å². The van der Waals surface area contributed by atoms with E-state index in [2.05, 4.69) is 15.3 Å². The average molecular weight is 350 g/mol. The summed E-state index contributed by atoms with van der Waals surface area (Å²) in [7, 11) is 0. The van der Waals surface area contributed by atoms with Gasteiger partial charge in [0, 0.05) is 12.4 Å². The van der Waals surface area contributed by atoms with Crippen molar-refractivity contribution in [3.05, 3.63) is 63.2 Å². The molecule has 1 aromatic carbocycles. The fourth-order valence-electron chi connectivity index (χ4n) is 1.77. The van der Waals surface area contributed by atoms with Crippen LogP contribution >= 0.6 is 35.0 Å². The molecule has 4 nitrogen and oxygen atoms in total. The van der Waals surface area contributed by atoms with Gasteiger partial charge in [0.25, 0.3) is 5.91 Å². The molecular formula is C15H9Cl2N3OS. The maximum absolute atomic E-state index is 12.0. The molecule has 1 aromatic heterocycles. The van der Waals surface area contributed by atoms with Gasteiger partial charge in [0.05, 0.1) is 20.6 Å². The van der Waals surface area contributed by atoms with Crippen LogP contribution in [-0.2, 0) is 4.79 Å². The van der Waals surface area contributed by atoms with Crippen LogP contribution < -0.4 is 5.32 Å². The molecule has 1 aliphatic rings. The molecule has 3 rings (SSSR count). The number of carbonyl (C=O) groups excluding carboxylic acids is 1. The Morgan fingerprint density at radius 3 is 2.82 bits per heavy atom. The first kappa shape index (κ1) is 15.1. The minimum Gasteiger partial charge on any atom is -0.300 e. The van der Waals surface area contributed by atoms with Crippen molar-refractivity contribution in [1.29, 1.82) is 0 Å². The molecule has 1 saturated heterocycles. The van der Waals surface area contributed by atoms with Gasteiger partial charge in [0.15, 0.2) is 5.17 Å². The molecule has 0 bridgehead atoms. The molecular weight excluding hydrogens is 341 g/mol. The Labute approximate surface area is 141 Å². The number of amides is 1. The van der Waals surface area contributed by atoms with E-state index >= 15 is 0 Å². The van der Waals surface area contributed by atoms with Crippen molar-refractivity contribution in [2.75, 3.05) is 0 Å². The van der Waals surface area contributed by atoms with E-state index in [1.807, 2.05) is 12.1 Å². The first-order valence-corrected chi connectivity index (χ1v) is 7.84. The predicted octanol–water partition coefficient (Wildman–Crippen LogP) is 4.28. The van der Waals surface area contributed by atoms with E-state index in [-0.39, 0.29) is 5.91 Å². The molecule has 0 radical (unpaired) electrons. The quantitative estimate of drug-likeness (QED) is 0.823. The van der Waals surface area contributed by atoms with E-state index in [1.54, 1.807) is 36.7 Å². The third kappa shape index (κ3) is 3.50. The van der Waals surface area contributed by atoms with E-state index in [0.29, 0.717) is 25.8 Å². The summed E-state index contributed by atoms with van der Waals surface area (Å²) >= 11 is 13.1. The summed E-state index contributed by atoms with van der Waals surface area (Å²) in [5, 5.41) is 4.10. The lowest BCUT2D eigenvalue weighted by Crippen LogP contribution is -2.19. The van der Waals surface area contributed by atoms with Gasteiger partial charge in [0.1, 0.15) is 0 Å². The minimum atomic E-state index is -0.187. The second-order valence-electron chi connectivity index (χ2n) is 4.37. The Hall–Kier alpha value is -1.82. The van der Waals surface area contributed by atoms with Crippen molar-refractivity contribution in [3.63, 3.8) is 0 Å². The molecule has 0 unspecified atom stereocenters. The number of nitrogens with zero attached hydrogens (tertiary/aromatic N) is 2. The molecule has 1 amide bonds. The van der Waals surface area contributed by atoms with E-state index in [0.717, 1.165) is 5.56 Å². The number of rotatable bonds is 2. The van der Waals surface area contributed by atoms with Crippen LogP contribution in [0.15, 0.2) is 52.6 Å². The van der Waals surface area contributed by atoms with Crippen LogP contribution in [0.1, 0.15) is 5.56 Å². The summed E-state index contributed by atoms with van der Waals surface area (Å²) in [6.07, 6.45) is 5.14. The lowest BCUT2D eigenvalue weighted by molar-refractivity contribution is -0.115. The fraction of sp³-hybridized carbons (Fsp3) is 0.